The molecular weight excluding hydrogens is 322 g/mol. The lowest BCUT2D eigenvalue weighted by Gasteiger charge is -2.16. The number of esters is 1. The molecule has 1 aromatic rings. The minimum Gasteiger partial charge on any atom is -0.496 e. The average molecular weight is 344 g/mol. The van der Waals surface area contributed by atoms with E-state index < -0.39 is 0 Å². The van der Waals surface area contributed by atoms with Gasteiger partial charge in [-0.15, -0.1) is 0 Å². The van der Waals surface area contributed by atoms with Crippen LogP contribution in [-0.4, -0.2) is 19.7 Å². The lowest BCUT2D eigenvalue weighted by molar-refractivity contribution is -0.143. The maximum atomic E-state index is 11.2. The molecule has 2 N–H and O–H groups in total. The summed E-state index contributed by atoms with van der Waals surface area (Å²) in [6.45, 7) is 2.25. The van der Waals surface area contributed by atoms with Crippen LogP contribution in [-0.2, 0) is 9.53 Å². The number of halogens is 1. The number of ether oxygens (including phenoxy) is 2. The predicted octanol–water partition coefficient (Wildman–Crippen LogP) is 3.58. The van der Waals surface area contributed by atoms with Crippen LogP contribution in [0.4, 0.5) is 0 Å². The number of nitrogens with two attached hydrogens (primary N) is 1. The third-order valence-electron chi connectivity index (χ3n) is 3.04. The molecule has 112 valence electrons. The molecule has 0 spiro atoms. The van der Waals surface area contributed by atoms with Crippen molar-refractivity contribution in [3.05, 3.63) is 28.2 Å². The number of hydrogen-bond acceptors (Lipinski definition) is 4. The summed E-state index contributed by atoms with van der Waals surface area (Å²) < 4.78 is 11.2. The summed E-state index contributed by atoms with van der Waals surface area (Å²) >= 11 is 3.44. The van der Waals surface area contributed by atoms with Crippen LogP contribution >= 0.6 is 15.9 Å². The van der Waals surface area contributed by atoms with Crippen molar-refractivity contribution in [1.29, 1.82) is 0 Å². The Balaban J connectivity index is 2.45. The van der Waals surface area contributed by atoms with Gasteiger partial charge in [0.25, 0.3) is 0 Å². The van der Waals surface area contributed by atoms with E-state index in [1.165, 1.54) is 0 Å². The van der Waals surface area contributed by atoms with Crippen LogP contribution in [0, 0.1) is 0 Å². The van der Waals surface area contributed by atoms with E-state index in [0.29, 0.717) is 13.0 Å². The summed E-state index contributed by atoms with van der Waals surface area (Å²) in [6, 6.07) is 5.72. The lowest BCUT2D eigenvalue weighted by Crippen LogP contribution is -2.12. The maximum absolute atomic E-state index is 11.2. The number of hydrogen-bond donors (Lipinski definition) is 1. The summed E-state index contributed by atoms with van der Waals surface area (Å²) in [5.74, 6) is 0.659. The minimum absolute atomic E-state index is 0.0929. The SMILES string of the molecule is CCOC(=O)CCCCC(N)c1cc(Br)ccc1OC. The highest BCUT2D eigenvalue weighted by Crippen LogP contribution is 2.29. The summed E-state index contributed by atoms with van der Waals surface area (Å²) in [7, 11) is 1.64. The summed E-state index contributed by atoms with van der Waals surface area (Å²) in [5, 5.41) is 0. The molecule has 1 rings (SSSR count). The van der Waals surface area contributed by atoms with Gasteiger partial charge in [-0.1, -0.05) is 22.4 Å². The van der Waals surface area contributed by atoms with Crippen molar-refractivity contribution in [1.82, 2.24) is 0 Å². The van der Waals surface area contributed by atoms with Gasteiger partial charge in [-0.2, -0.15) is 0 Å². The Morgan fingerprint density at radius 2 is 2.15 bits per heavy atom. The second-order valence-corrected chi connectivity index (χ2v) is 5.46. The van der Waals surface area contributed by atoms with Crippen molar-refractivity contribution >= 4 is 21.9 Å². The van der Waals surface area contributed by atoms with Crippen molar-refractivity contribution in [2.75, 3.05) is 13.7 Å². The Labute approximate surface area is 128 Å². The van der Waals surface area contributed by atoms with Gasteiger partial charge in [0.05, 0.1) is 13.7 Å². The molecule has 0 aliphatic carbocycles. The maximum Gasteiger partial charge on any atom is 0.305 e. The van der Waals surface area contributed by atoms with Crippen LogP contribution in [0.3, 0.4) is 0 Å². The van der Waals surface area contributed by atoms with Gasteiger partial charge in [-0.3, -0.25) is 4.79 Å². The molecule has 0 fully saturated rings. The van der Waals surface area contributed by atoms with Crippen LogP contribution in [0.2, 0.25) is 0 Å². The molecule has 0 aromatic heterocycles. The van der Waals surface area contributed by atoms with Crippen LogP contribution in [0.15, 0.2) is 22.7 Å². The average Bonchev–Trinajstić information content (AvgIpc) is 2.43. The van der Waals surface area contributed by atoms with Crippen molar-refractivity contribution in [3.63, 3.8) is 0 Å². The van der Waals surface area contributed by atoms with E-state index in [0.717, 1.165) is 35.0 Å². The van der Waals surface area contributed by atoms with E-state index >= 15 is 0 Å². The molecule has 1 unspecified atom stereocenters. The first-order chi connectivity index (χ1) is 9.58. The number of carbonyl (C=O) groups excluding carboxylic acids is 1. The first kappa shape index (κ1) is 17.0. The summed E-state index contributed by atoms with van der Waals surface area (Å²) in [4.78, 5) is 11.2. The molecule has 0 heterocycles. The molecule has 20 heavy (non-hydrogen) atoms. The second-order valence-electron chi connectivity index (χ2n) is 4.54. The molecule has 0 aliphatic heterocycles. The predicted molar refractivity (Wildman–Crippen MR) is 82.7 cm³/mol. The minimum atomic E-state index is -0.138. The van der Waals surface area contributed by atoms with Crippen molar-refractivity contribution in [2.45, 2.75) is 38.6 Å². The van der Waals surface area contributed by atoms with Gasteiger partial charge in [0.15, 0.2) is 0 Å². The van der Waals surface area contributed by atoms with E-state index in [-0.39, 0.29) is 12.0 Å². The number of methoxy groups -OCH3 is 1. The first-order valence-corrected chi connectivity index (χ1v) is 7.62. The third-order valence-corrected chi connectivity index (χ3v) is 3.54. The molecule has 0 aliphatic rings. The second kappa shape index (κ2) is 8.97. The molecule has 0 bridgehead atoms. The monoisotopic (exact) mass is 343 g/mol. The standard InChI is InChI=1S/C15H22BrNO3/c1-3-20-15(18)7-5-4-6-13(17)12-10-11(16)8-9-14(12)19-2/h8-10,13H,3-7,17H2,1-2H3. The quantitative estimate of drug-likeness (QED) is 0.578. The van der Waals surface area contributed by atoms with Crippen LogP contribution < -0.4 is 10.5 Å². The summed E-state index contributed by atoms with van der Waals surface area (Å²) in [6.07, 6.45) is 2.95. The van der Waals surface area contributed by atoms with E-state index in [4.69, 9.17) is 15.2 Å². The Morgan fingerprint density at radius 3 is 2.80 bits per heavy atom. The Bertz CT molecular complexity index is 437. The number of rotatable bonds is 8. The molecule has 0 saturated heterocycles. The highest BCUT2D eigenvalue weighted by molar-refractivity contribution is 9.10. The largest absolute Gasteiger partial charge is 0.496 e. The van der Waals surface area contributed by atoms with E-state index in [1.54, 1.807) is 7.11 Å². The third kappa shape index (κ3) is 5.51. The molecule has 0 amide bonds. The van der Waals surface area contributed by atoms with E-state index in [1.807, 2.05) is 25.1 Å². The van der Waals surface area contributed by atoms with Crippen molar-refractivity contribution in [3.8, 4) is 5.75 Å². The van der Waals surface area contributed by atoms with Crippen LogP contribution in [0.5, 0.6) is 5.75 Å². The van der Waals surface area contributed by atoms with Gasteiger partial charge in [0, 0.05) is 22.5 Å². The van der Waals surface area contributed by atoms with Gasteiger partial charge < -0.3 is 15.2 Å². The van der Waals surface area contributed by atoms with Gasteiger partial charge in [0.2, 0.25) is 0 Å². The molecule has 1 aromatic carbocycles. The smallest absolute Gasteiger partial charge is 0.305 e. The summed E-state index contributed by atoms with van der Waals surface area (Å²) in [5.41, 5.74) is 7.18. The van der Waals surface area contributed by atoms with E-state index in [9.17, 15) is 4.79 Å². The topological polar surface area (TPSA) is 61.5 Å². The van der Waals surface area contributed by atoms with Gasteiger partial charge >= 0.3 is 5.97 Å². The van der Waals surface area contributed by atoms with Crippen molar-refractivity contribution in [2.24, 2.45) is 5.73 Å². The normalized spacial score (nSPS) is 12.0. The van der Waals surface area contributed by atoms with Crippen LogP contribution in [0.25, 0.3) is 0 Å². The Morgan fingerprint density at radius 1 is 1.40 bits per heavy atom. The first-order valence-electron chi connectivity index (χ1n) is 6.83. The Hall–Kier alpha value is -1.07. The fourth-order valence-electron chi connectivity index (χ4n) is 2.02. The molecule has 1 atom stereocenters. The number of carbonyl (C=O) groups is 1. The van der Waals surface area contributed by atoms with Crippen molar-refractivity contribution < 1.29 is 14.3 Å². The van der Waals surface area contributed by atoms with Gasteiger partial charge in [-0.05, 0) is 38.0 Å². The molecule has 0 saturated carbocycles. The van der Waals surface area contributed by atoms with E-state index in [2.05, 4.69) is 15.9 Å². The van der Waals surface area contributed by atoms with Crippen LogP contribution in [0.1, 0.15) is 44.2 Å². The fraction of sp³-hybridized carbons (Fsp3) is 0.533. The number of unbranched alkanes of at least 4 members (excludes halogenated alkanes) is 1. The molecular formula is C15H22BrNO3. The zero-order valence-corrected chi connectivity index (χ0v) is 13.6. The van der Waals surface area contributed by atoms with Gasteiger partial charge in [-0.25, -0.2) is 0 Å². The molecule has 0 radical (unpaired) electrons. The highest BCUT2D eigenvalue weighted by Gasteiger charge is 2.12. The highest BCUT2D eigenvalue weighted by atomic mass is 79.9. The zero-order chi connectivity index (χ0) is 15.0. The fourth-order valence-corrected chi connectivity index (χ4v) is 2.40. The van der Waals surface area contributed by atoms with Gasteiger partial charge in [0.1, 0.15) is 5.75 Å². The Kier molecular flexibility index (Phi) is 7.62. The zero-order valence-electron chi connectivity index (χ0n) is 12.0. The molecule has 5 heteroatoms. The number of benzene rings is 1. The lowest BCUT2D eigenvalue weighted by atomic mass is 10.0. The molecule has 4 nitrogen and oxygen atoms in total.